The zero-order valence-corrected chi connectivity index (χ0v) is 15.3. The summed E-state index contributed by atoms with van der Waals surface area (Å²) in [6, 6.07) is 7.99. The van der Waals surface area contributed by atoms with E-state index < -0.39 is 0 Å². The maximum atomic E-state index is 12.7. The summed E-state index contributed by atoms with van der Waals surface area (Å²) in [6.45, 7) is 5.02. The fourth-order valence-corrected chi connectivity index (χ4v) is 3.71. The van der Waals surface area contributed by atoms with Gasteiger partial charge in [0, 0.05) is 27.2 Å². The van der Waals surface area contributed by atoms with E-state index in [-0.39, 0.29) is 30.2 Å². The fourth-order valence-electron chi connectivity index (χ4n) is 3.71. The quantitative estimate of drug-likeness (QED) is 0.820. The van der Waals surface area contributed by atoms with Gasteiger partial charge in [0.05, 0.1) is 17.9 Å². The average Bonchev–Trinajstić information content (AvgIpc) is 2.94. The van der Waals surface area contributed by atoms with Crippen molar-refractivity contribution < 1.29 is 9.90 Å². The van der Waals surface area contributed by atoms with Crippen molar-refractivity contribution in [3.8, 4) is 0 Å². The van der Waals surface area contributed by atoms with Crippen LogP contribution in [0.2, 0.25) is 0 Å². The van der Waals surface area contributed by atoms with Crippen molar-refractivity contribution in [1.29, 1.82) is 5.41 Å². The van der Waals surface area contributed by atoms with E-state index >= 15 is 0 Å². The van der Waals surface area contributed by atoms with E-state index in [0.29, 0.717) is 18.5 Å². The molecule has 1 saturated heterocycles. The van der Waals surface area contributed by atoms with Crippen molar-refractivity contribution in [2.75, 3.05) is 43.6 Å². The van der Waals surface area contributed by atoms with E-state index in [4.69, 9.17) is 5.41 Å². The first kappa shape index (κ1) is 17.5. The van der Waals surface area contributed by atoms with Crippen LogP contribution in [0, 0.1) is 10.8 Å². The van der Waals surface area contributed by atoms with Gasteiger partial charge in [-0.15, -0.1) is 0 Å². The standard InChI is InChI=1S/C19H26N4O2/c1-19(2,9-10-24)12-23-11-15(25)16(17(23)20)18-21(3)13-7-5-6-8-14(13)22(18)4/h5-8,20,24H,9-12H2,1-4H3. The number of benzene rings is 1. The summed E-state index contributed by atoms with van der Waals surface area (Å²) >= 11 is 0. The SMILES string of the molecule is CN1C(=C2C(=N)N(CC(C)(C)CCO)CC2=O)N(C)c2ccccc21. The van der Waals surface area contributed by atoms with E-state index in [1.807, 2.05) is 53.1 Å². The van der Waals surface area contributed by atoms with Crippen LogP contribution in [-0.4, -0.2) is 55.4 Å². The molecule has 1 fully saturated rings. The topological polar surface area (TPSA) is 70.9 Å². The summed E-state index contributed by atoms with van der Waals surface area (Å²) < 4.78 is 0. The van der Waals surface area contributed by atoms with Crippen LogP contribution < -0.4 is 9.80 Å². The molecule has 2 aliphatic heterocycles. The first-order chi connectivity index (χ1) is 11.8. The summed E-state index contributed by atoms with van der Waals surface area (Å²) in [5.74, 6) is 1.02. The molecule has 2 heterocycles. The van der Waals surface area contributed by atoms with Crippen LogP contribution in [0.15, 0.2) is 35.7 Å². The van der Waals surface area contributed by atoms with Crippen LogP contribution in [0.1, 0.15) is 20.3 Å². The van der Waals surface area contributed by atoms with Crippen LogP contribution in [-0.2, 0) is 4.79 Å². The molecule has 0 aromatic heterocycles. The van der Waals surface area contributed by atoms with Crippen LogP contribution in [0.4, 0.5) is 11.4 Å². The minimum atomic E-state index is -0.155. The number of ketones is 1. The largest absolute Gasteiger partial charge is 0.396 e. The Balaban J connectivity index is 1.95. The van der Waals surface area contributed by atoms with Gasteiger partial charge in [-0.05, 0) is 24.0 Å². The van der Waals surface area contributed by atoms with E-state index in [1.165, 1.54) is 0 Å². The molecule has 6 nitrogen and oxygen atoms in total. The molecule has 1 aromatic rings. The van der Waals surface area contributed by atoms with Crippen molar-refractivity contribution in [3.05, 3.63) is 35.7 Å². The zero-order chi connectivity index (χ0) is 18.4. The first-order valence-electron chi connectivity index (χ1n) is 8.55. The van der Waals surface area contributed by atoms with E-state index in [2.05, 4.69) is 13.8 Å². The number of amidine groups is 1. The lowest BCUT2D eigenvalue weighted by Crippen LogP contribution is -2.36. The Morgan fingerprint density at radius 3 is 2.24 bits per heavy atom. The molecule has 3 rings (SSSR count). The lowest BCUT2D eigenvalue weighted by Gasteiger charge is -2.30. The number of rotatable bonds is 4. The van der Waals surface area contributed by atoms with Crippen molar-refractivity contribution in [2.45, 2.75) is 20.3 Å². The number of para-hydroxylation sites is 2. The van der Waals surface area contributed by atoms with Gasteiger partial charge in [0.2, 0.25) is 0 Å². The summed E-state index contributed by atoms with van der Waals surface area (Å²) in [5.41, 5.74) is 2.39. The highest BCUT2D eigenvalue weighted by Crippen LogP contribution is 2.41. The van der Waals surface area contributed by atoms with E-state index in [9.17, 15) is 9.90 Å². The number of anilines is 2. The number of likely N-dealkylation sites (tertiary alicyclic amines) is 1. The van der Waals surface area contributed by atoms with Crippen molar-refractivity contribution in [3.63, 3.8) is 0 Å². The monoisotopic (exact) mass is 342 g/mol. The average molecular weight is 342 g/mol. The summed E-state index contributed by atoms with van der Waals surface area (Å²) in [7, 11) is 3.87. The number of Topliss-reactive ketones (excluding diaryl/α,β-unsaturated/α-hetero) is 1. The molecule has 0 atom stereocenters. The van der Waals surface area contributed by atoms with Gasteiger partial charge in [-0.2, -0.15) is 0 Å². The smallest absolute Gasteiger partial charge is 0.189 e. The number of nitrogens with one attached hydrogen (secondary N) is 1. The van der Waals surface area contributed by atoms with Crippen LogP contribution in [0.25, 0.3) is 0 Å². The molecule has 0 saturated carbocycles. The Morgan fingerprint density at radius 2 is 1.72 bits per heavy atom. The van der Waals surface area contributed by atoms with Crippen LogP contribution in [0.5, 0.6) is 0 Å². The number of carbonyl (C=O) groups excluding carboxylic acids is 1. The third-order valence-electron chi connectivity index (χ3n) is 5.04. The Hall–Kier alpha value is -2.34. The molecular formula is C19H26N4O2. The minimum absolute atomic E-state index is 0.0219. The van der Waals surface area contributed by atoms with Crippen LogP contribution in [0.3, 0.4) is 0 Å². The predicted molar refractivity (Wildman–Crippen MR) is 100 cm³/mol. The van der Waals surface area contributed by atoms with Gasteiger partial charge in [0.15, 0.2) is 5.78 Å². The second kappa shape index (κ2) is 6.19. The van der Waals surface area contributed by atoms with Crippen molar-refractivity contribution in [1.82, 2.24) is 4.90 Å². The molecule has 0 amide bonds. The lowest BCUT2D eigenvalue weighted by molar-refractivity contribution is -0.114. The molecular weight excluding hydrogens is 316 g/mol. The van der Waals surface area contributed by atoms with E-state index in [1.54, 1.807) is 0 Å². The minimum Gasteiger partial charge on any atom is -0.396 e. The molecule has 0 radical (unpaired) electrons. The number of aliphatic hydroxyl groups excluding tert-OH is 1. The van der Waals surface area contributed by atoms with Gasteiger partial charge in [-0.1, -0.05) is 26.0 Å². The molecule has 2 N–H and O–H groups in total. The molecule has 0 bridgehead atoms. The molecule has 0 aliphatic carbocycles. The van der Waals surface area contributed by atoms with Crippen molar-refractivity contribution in [2.24, 2.45) is 5.41 Å². The Kier molecular flexibility index (Phi) is 4.33. The van der Waals surface area contributed by atoms with Crippen LogP contribution >= 0.6 is 0 Å². The van der Waals surface area contributed by atoms with Gasteiger partial charge < -0.3 is 19.8 Å². The molecule has 6 heteroatoms. The number of hydrogen-bond acceptors (Lipinski definition) is 5. The van der Waals surface area contributed by atoms with Gasteiger partial charge in [-0.25, -0.2) is 0 Å². The summed E-state index contributed by atoms with van der Waals surface area (Å²) in [6.07, 6.45) is 0.641. The molecule has 0 spiro atoms. The number of aliphatic hydroxyl groups is 1. The maximum absolute atomic E-state index is 12.7. The first-order valence-corrected chi connectivity index (χ1v) is 8.55. The molecule has 134 valence electrons. The highest BCUT2D eigenvalue weighted by Gasteiger charge is 2.40. The van der Waals surface area contributed by atoms with Gasteiger partial charge in [0.1, 0.15) is 17.2 Å². The number of fused-ring (bicyclic) bond motifs is 1. The third kappa shape index (κ3) is 2.91. The maximum Gasteiger partial charge on any atom is 0.189 e. The Labute approximate surface area is 148 Å². The highest BCUT2D eigenvalue weighted by molar-refractivity contribution is 6.27. The predicted octanol–water partition coefficient (Wildman–Crippen LogP) is 2.05. The number of nitrogens with zero attached hydrogens (tertiary/aromatic N) is 3. The fraction of sp³-hybridized carbons (Fsp3) is 0.474. The second-order valence-electron chi connectivity index (χ2n) is 7.57. The molecule has 25 heavy (non-hydrogen) atoms. The second-order valence-corrected chi connectivity index (χ2v) is 7.57. The Bertz CT molecular complexity index is 723. The molecule has 1 aromatic carbocycles. The number of carbonyl (C=O) groups is 1. The highest BCUT2D eigenvalue weighted by atomic mass is 16.3. The normalized spacial score (nSPS) is 17.9. The van der Waals surface area contributed by atoms with Gasteiger partial charge in [0.25, 0.3) is 0 Å². The van der Waals surface area contributed by atoms with Gasteiger partial charge >= 0.3 is 0 Å². The van der Waals surface area contributed by atoms with Gasteiger partial charge in [-0.3, -0.25) is 10.2 Å². The van der Waals surface area contributed by atoms with Crippen molar-refractivity contribution >= 4 is 23.0 Å². The number of hydrogen-bond donors (Lipinski definition) is 2. The summed E-state index contributed by atoms with van der Waals surface area (Å²) in [5, 5.41) is 17.8. The Morgan fingerprint density at radius 1 is 1.16 bits per heavy atom. The molecule has 0 unspecified atom stereocenters. The zero-order valence-electron chi connectivity index (χ0n) is 15.3. The lowest BCUT2D eigenvalue weighted by atomic mass is 9.89. The third-order valence-corrected chi connectivity index (χ3v) is 5.04. The van der Waals surface area contributed by atoms with E-state index in [0.717, 1.165) is 17.2 Å². The summed E-state index contributed by atoms with van der Waals surface area (Å²) in [4.78, 5) is 18.5. The molecule has 2 aliphatic rings.